The Balaban J connectivity index is 2.31. The second-order valence-electron chi connectivity index (χ2n) is 4.15. The van der Waals surface area contributed by atoms with Crippen LogP contribution < -0.4 is 5.32 Å². The van der Waals surface area contributed by atoms with Gasteiger partial charge in [-0.2, -0.15) is 0 Å². The maximum absolute atomic E-state index is 13.0. The van der Waals surface area contributed by atoms with Gasteiger partial charge in [0.05, 0.1) is 18.8 Å². The molecule has 1 unspecified atom stereocenters. The third-order valence-corrected chi connectivity index (χ3v) is 2.78. The van der Waals surface area contributed by atoms with E-state index in [1.165, 1.54) is 0 Å². The number of nitrogens with zero attached hydrogens (tertiary/aromatic N) is 1. The van der Waals surface area contributed by atoms with Crippen molar-refractivity contribution in [2.24, 2.45) is 0 Å². The summed E-state index contributed by atoms with van der Waals surface area (Å²) in [6.45, 7) is -0.248. The summed E-state index contributed by atoms with van der Waals surface area (Å²) in [5.41, 5.74) is 0.497. The number of carboxylic acids is 1. The molecule has 0 fully saturated rings. The summed E-state index contributed by atoms with van der Waals surface area (Å²) in [4.78, 5) is 14.8. The Kier molecular flexibility index (Phi) is 4.27. The number of hydrogen-bond donors (Lipinski definition) is 3. The highest BCUT2D eigenvalue weighted by molar-refractivity contribution is 5.93. The molecule has 0 aliphatic carbocycles. The number of nitrogens with one attached hydrogen (secondary N) is 1. The molecule has 0 radical (unpaired) electrons. The van der Waals surface area contributed by atoms with E-state index in [-0.39, 0.29) is 18.0 Å². The van der Waals surface area contributed by atoms with E-state index < -0.39 is 17.8 Å². The number of benzene rings is 1. The number of hydrogen-bond acceptors (Lipinski definition) is 4. The van der Waals surface area contributed by atoms with E-state index in [0.717, 1.165) is 17.8 Å². The average Bonchev–Trinajstić information content (AvgIpc) is 2.46. The molecule has 2 rings (SSSR count). The predicted octanol–water partition coefficient (Wildman–Crippen LogP) is 2.06. The molecule has 2 aromatic rings. The lowest BCUT2D eigenvalue weighted by molar-refractivity contribution is 0.0697. The Morgan fingerprint density at radius 1 is 1.35 bits per heavy atom. The normalized spacial score (nSPS) is 11.9. The molecule has 0 bridgehead atoms. The van der Waals surface area contributed by atoms with Crippen LogP contribution in [0.1, 0.15) is 22.0 Å². The first-order valence-corrected chi connectivity index (χ1v) is 5.93. The predicted molar refractivity (Wildman–Crippen MR) is 71.0 cm³/mol. The molecule has 0 saturated heterocycles. The summed E-state index contributed by atoms with van der Waals surface area (Å²) in [5.74, 6) is -2.00. The average molecular weight is 276 g/mol. The molecule has 0 saturated carbocycles. The number of rotatable bonds is 5. The van der Waals surface area contributed by atoms with E-state index in [0.29, 0.717) is 0 Å². The maximum Gasteiger partial charge on any atom is 0.339 e. The van der Waals surface area contributed by atoms with Crippen molar-refractivity contribution in [3.05, 3.63) is 59.5 Å². The van der Waals surface area contributed by atoms with Crippen LogP contribution in [0.4, 0.5) is 10.2 Å². The fraction of sp³-hybridized carbons (Fsp3) is 0.143. The van der Waals surface area contributed by atoms with Gasteiger partial charge in [0, 0.05) is 0 Å². The fourth-order valence-electron chi connectivity index (χ4n) is 1.80. The lowest BCUT2D eigenvalue weighted by Crippen LogP contribution is -2.18. The van der Waals surface area contributed by atoms with Crippen LogP contribution in [0.2, 0.25) is 0 Å². The van der Waals surface area contributed by atoms with Crippen LogP contribution in [0, 0.1) is 5.82 Å². The van der Waals surface area contributed by atoms with E-state index in [9.17, 15) is 14.3 Å². The van der Waals surface area contributed by atoms with E-state index >= 15 is 0 Å². The molecule has 3 N–H and O–H groups in total. The van der Waals surface area contributed by atoms with Crippen molar-refractivity contribution in [3.8, 4) is 0 Å². The fourth-order valence-corrected chi connectivity index (χ4v) is 1.80. The number of aliphatic hydroxyl groups excluding tert-OH is 1. The third kappa shape index (κ3) is 3.10. The lowest BCUT2D eigenvalue weighted by Gasteiger charge is -2.18. The number of carboxylic acid groups (broad SMARTS) is 1. The Labute approximate surface area is 114 Å². The molecular weight excluding hydrogens is 263 g/mol. The molecule has 1 atom stereocenters. The van der Waals surface area contributed by atoms with Crippen molar-refractivity contribution in [1.82, 2.24) is 4.98 Å². The van der Waals surface area contributed by atoms with Crippen molar-refractivity contribution in [2.45, 2.75) is 6.04 Å². The van der Waals surface area contributed by atoms with Crippen molar-refractivity contribution >= 4 is 11.8 Å². The van der Waals surface area contributed by atoms with Gasteiger partial charge in [-0.05, 0) is 11.6 Å². The number of pyridine rings is 1. The number of aromatic nitrogens is 1. The van der Waals surface area contributed by atoms with E-state index in [1.54, 1.807) is 24.3 Å². The first-order valence-electron chi connectivity index (χ1n) is 5.93. The number of aliphatic hydroxyl groups is 1. The molecule has 0 aliphatic heterocycles. The van der Waals surface area contributed by atoms with Crippen molar-refractivity contribution < 1.29 is 19.4 Å². The van der Waals surface area contributed by atoms with Crippen molar-refractivity contribution in [2.75, 3.05) is 11.9 Å². The smallest absolute Gasteiger partial charge is 0.339 e. The van der Waals surface area contributed by atoms with Gasteiger partial charge in [0.15, 0.2) is 0 Å². The zero-order chi connectivity index (χ0) is 14.5. The minimum atomic E-state index is -1.29. The summed E-state index contributed by atoms with van der Waals surface area (Å²) in [7, 11) is 0. The largest absolute Gasteiger partial charge is 0.478 e. The highest BCUT2D eigenvalue weighted by Gasteiger charge is 2.17. The summed E-state index contributed by atoms with van der Waals surface area (Å²) >= 11 is 0. The second-order valence-corrected chi connectivity index (χ2v) is 4.15. The molecule has 1 heterocycles. The van der Waals surface area contributed by atoms with Gasteiger partial charge in [-0.3, -0.25) is 0 Å². The number of aromatic carboxylic acids is 1. The maximum atomic E-state index is 13.0. The van der Waals surface area contributed by atoms with Crippen molar-refractivity contribution in [3.63, 3.8) is 0 Å². The molecular formula is C14H13FN2O3. The molecule has 0 spiro atoms. The number of carbonyl (C=O) groups is 1. The SMILES string of the molecule is O=C(O)c1cc(F)cnc1NC(CO)c1ccccc1. The zero-order valence-electron chi connectivity index (χ0n) is 10.5. The third-order valence-electron chi connectivity index (χ3n) is 2.78. The van der Waals surface area contributed by atoms with Gasteiger partial charge in [-0.1, -0.05) is 30.3 Å². The van der Waals surface area contributed by atoms with Crippen molar-refractivity contribution in [1.29, 1.82) is 0 Å². The van der Waals surface area contributed by atoms with Crippen LogP contribution in [0.5, 0.6) is 0 Å². The Bertz CT molecular complexity index is 605. The summed E-state index contributed by atoms with van der Waals surface area (Å²) in [6, 6.07) is 9.38. The topological polar surface area (TPSA) is 82.5 Å². The van der Waals surface area contributed by atoms with Crippen LogP contribution in [-0.4, -0.2) is 27.8 Å². The summed E-state index contributed by atoms with van der Waals surface area (Å²) in [5, 5.41) is 21.3. The number of anilines is 1. The van der Waals surface area contributed by atoms with Gasteiger partial charge >= 0.3 is 5.97 Å². The standard InChI is InChI=1S/C14H13FN2O3/c15-10-6-11(14(19)20)13(16-7-10)17-12(8-18)9-4-2-1-3-5-9/h1-7,12,18H,8H2,(H,16,17)(H,19,20). The minimum absolute atomic E-state index is 0.0156. The van der Waals surface area contributed by atoms with Gasteiger partial charge in [0.25, 0.3) is 0 Å². The second kappa shape index (κ2) is 6.12. The van der Waals surface area contributed by atoms with Crippen LogP contribution in [0.15, 0.2) is 42.6 Å². The van der Waals surface area contributed by atoms with Gasteiger partial charge in [0.1, 0.15) is 17.2 Å². The van der Waals surface area contributed by atoms with Gasteiger partial charge < -0.3 is 15.5 Å². The lowest BCUT2D eigenvalue weighted by atomic mass is 10.1. The minimum Gasteiger partial charge on any atom is -0.478 e. The first-order chi connectivity index (χ1) is 9.61. The molecule has 6 heteroatoms. The Hall–Kier alpha value is -2.47. The van der Waals surface area contributed by atoms with Gasteiger partial charge in [-0.25, -0.2) is 14.2 Å². The molecule has 0 aliphatic rings. The number of halogens is 1. The Morgan fingerprint density at radius 2 is 2.05 bits per heavy atom. The quantitative estimate of drug-likeness (QED) is 0.778. The van der Waals surface area contributed by atoms with E-state index in [2.05, 4.69) is 10.3 Å². The summed E-state index contributed by atoms with van der Waals surface area (Å²) < 4.78 is 13.0. The van der Waals surface area contributed by atoms with Crippen LogP contribution in [-0.2, 0) is 0 Å². The molecule has 5 nitrogen and oxygen atoms in total. The molecule has 0 amide bonds. The first kappa shape index (κ1) is 14.0. The highest BCUT2D eigenvalue weighted by atomic mass is 19.1. The highest BCUT2D eigenvalue weighted by Crippen LogP contribution is 2.21. The van der Waals surface area contributed by atoms with Gasteiger partial charge in [-0.15, -0.1) is 0 Å². The van der Waals surface area contributed by atoms with Crippen LogP contribution in [0.25, 0.3) is 0 Å². The molecule has 1 aromatic carbocycles. The molecule has 1 aromatic heterocycles. The Morgan fingerprint density at radius 3 is 2.65 bits per heavy atom. The molecule has 104 valence electrons. The zero-order valence-corrected chi connectivity index (χ0v) is 10.5. The van der Waals surface area contributed by atoms with E-state index in [4.69, 9.17) is 5.11 Å². The monoisotopic (exact) mass is 276 g/mol. The summed E-state index contributed by atoms with van der Waals surface area (Å²) in [6.07, 6.45) is 0.925. The molecule has 20 heavy (non-hydrogen) atoms. The van der Waals surface area contributed by atoms with Crippen LogP contribution >= 0.6 is 0 Å². The van der Waals surface area contributed by atoms with E-state index in [1.807, 2.05) is 6.07 Å². The van der Waals surface area contributed by atoms with Gasteiger partial charge in [0.2, 0.25) is 0 Å². The van der Waals surface area contributed by atoms with Crippen LogP contribution in [0.3, 0.4) is 0 Å².